The first kappa shape index (κ1) is 15.8. The maximum absolute atomic E-state index is 13.5. The highest BCUT2D eigenvalue weighted by molar-refractivity contribution is 5.96. The van der Waals surface area contributed by atoms with Crippen LogP contribution in [0.5, 0.6) is 5.75 Å². The molecule has 1 aliphatic heterocycles. The summed E-state index contributed by atoms with van der Waals surface area (Å²) in [6, 6.07) is 10.5. The lowest BCUT2D eigenvalue weighted by atomic mass is 10.0. The largest absolute Gasteiger partial charge is 0.493 e. The van der Waals surface area contributed by atoms with Crippen molar-refractivity contribution in [1.29, 1.82) is 0 Å². The van der Waals surface area contributed by atoms with Crippen LogP contribution in [0.25, 0.3) is 0 Å². The van der Waals surface area contributed by atoms with Gasteiger partial charge < -0.3 is 21.1 Å². The Kier molecular flexibility index (Phi) is 4.33. The van der Waals surface area contributed by atoms with E-state index in [2.05, 4.69) is 10.6 Å². The second kappa shape index (κ2) is 6.57. The van der Waals surface area contributed by atoms with Crippen molar-refractivity contribution in [2.24, 2.45) is 5.73 Å². The highest BCUT2D eigenvalue weighted by Gasteiger charge is 2.22. The van der Waals surface area contributed by atoms with Gasteiger partial charge in [-0.25, -0.2) is 9.18 Å². The average Bonchev–Trinajstić information content (AvgIpc) is 2.56. The molecule has 0 fully saturated rings. The van der Waals surface area contributed by atoms with Crippen LogP contribution in [-0.4, -0.2) is 18.5 Å². The molecule has 0 spiro atoms. The molecule has 7 heteroatoms. The predicted molar refractivity (Wildman–Crippen MR) is 86.4 cm³/mol. The molecule has 4 N–H and O–H groups in total. The number of fused-ring (bicyclic) bond motifs is 1. The molecular weight excluding hydrogens is 313 g/mol. The number of benzene rings is 2. The van der Waals surface area contributed by atoms with E-state index < -0.39 is 17.8 Å². The minimum atomic E-state index is -0.894. The van der Waals surface area contributed by atoms with Gasteiger partial charge in [0.2, 0.25) is 0 Å². The Morgan fingerprint density at radius 1 is 1.21 bits per heavy atom. The summed E-state index contributed by atoms with van der Waals surface area (Å²) in [5.74, 6) is -0.881. The fraction of sp³-hybridized carbons (Fsp3) is 0.176. The van der Waals surface area contributed by atoms with Gasteiger partial charge in [-0.15, -0.1) is 0 Å². The standard InChI is InChI=1S/C17H16FN3O3/c18-13-6-5-10(9-12(13)16(19)22)20-17(23)21-14-7-8-24-15-4-2-1-3-11(14)15/h1-6,9,14H,7-8H2,(H2,19,22)(H2,20,21,23)/t14-/m0/s1. The van der Waals surface area contributed by atoms with Gasteiger partial charge >= 0.3 is 6.03 Å². The number of ether oxygens (including phenoxy) is 1. The fourth-order valence-corrected chi connectivity index (χ4v) is 2.61. The summed E-state index contributed by atoms with van der Waals surface area (Å²) in [4.78, 5) is 23.3. The number of amides is 3. The van der Waals surface area contributed by atoms with E-state index in [1.165, 1.54) is 12.1 Å². The zero-order valence-corrected chi connectivity index (χ0v) is 12.7. The molecule has 0 aliphatic carbocycles. The van der Waals surface area contributed by atoms with E-state index >= 15 is 0 Å². The third kappa shape index (κ3) is 3.29. The summed E-state index contributed by atoms with van der Waals surface area (Å²) in [5.41, 5.74) is 6.00. The number of carbonyl (C=O) groups is 2. The van der Waals surface area contributed by atoms with Crippen LogP contribution in [0.15, 0.2) is 42.5 Å². The Bertz CT molecular complexity index is 794. The Morgan fingerprint density at radius 2 is 2.00 bits per heavy atom. The van der Waals surface area contributed by atoms with Gasteiger partial charge in [0.15, 0.2) is 0 Å². The number of hydrogen-bond acceptors (Lipinski definition) is 3. The lowest BCUT2D eigenvalue weighted by Crippen LogP contribution is -2.35. The predicted octanol–water partition coefficient (Wildman–Crippen LogP) is 2.57. The number of urea groups is 1. The maximum atomic E-state index is 13.5. The number of rotatable bonds is 3. The molecule has 1 heterocycles. The van der Waals surface area contributed by atoms with Crippen molar-refractivity contribution in [3.8, 4) is 5.75 Å². The molecule has 0 aromatic heterocycles. The number of carbonyl (C=O) groups excluding carboxylic acids is 2. The zero-order valence-electron chi connectivity index (χ0n) is 12.7. The first-order valence-corrected chi connectivity index (χ1v) is 7.43. The van der Waals surface area contributed by atoms with Crippen molar-refractivity contribution >= 4 is 17.6 Å². The normalized spacial score (nSPS) is 15.8. The lowest BCUT2D eigenvalue weighted by molar-refractivity contribution is 0.0996. The van der Waals surface area contributed by atoms with Gasteiger partial charge in [0.1, 0.15) is 11.6 Å². The minimum Gasteiger partial charge on any atom is -0.493 e. The molecule has 0 saturated carbocycles. The number of nitrogens with two attached hydrogens (primary N) is 1. The van der Waals surface area contributed by atoms with Crippen LogP contribution in [0.1, 0.15) is 28.4 Å². The number of primary amides is 1. The lowest BCUT2D eigenvalue weighted by Gasteiger charge is -2.26. The summed E-state index contributed by atoms with van der Waals surface area (Å²) in [6.07, 6.45) is 0.639. The van der Waals surface area contributed by atoms with Crippen molar-refractivity contribution in [3.63, 3.8) is 0 Å². The Morgan fingerprint density at radius 3 is 2.79 bits per heavy atom. The molecule has 24 heavy (non-hydrogen) atoms. The van der Waals surface area contributed by atoms with E-state index in [-0.39, 0.29) is 17.3 Å². The highest BCUT2D eigenvalue weighted by Crippen LogP contribution is 2.31. The Hall–Kier alpha value is -3.09. The zero-order chi connectivity index (χ0) is 17.1. The van der Waals surface area contributed by atoms with E-state index in [0.717, 1.165) is 17.4 Å². The van der Waals surface area contributed by atoms with Gasteiger partial charge in [0, 0.05) is 17.7 Å². The molecule has 0 bridgehead atoms. The second-order valence-electron chi connectivity index (χ2n) is 5.38. The molecule has 3 amide bonds. The second-order valence-corrected chi connectivity index (χ2v) is 5.38. The summed E-state index contributed by atoms with van der Waals surface area (Å²) in [7, 11) is 0. The SMILES string of the molecule is NC(=O)c1cc(NC(=O)N[C@H]2CCOc3ccccc32)ccc1F. The fourth-order valence-electron chi connectivity index (χ4n) is 2.61. The van der Waals surface area contributed by atoms with E-state index in [9.17, 15) is 14.0 Å². The van der Waals surface area contributed by atoms with E-state index in [1.807, 2.05) is 24.3 Å². The molecule has 0 radical (unpaired) electrons. The number of hydrogen-bond donors (Lipinski definition) is 3. The van der Waals surface area contributed by atoms with Crippen LogP contribution >= 0.6 is 0 Å². The van der Waals surface area contributed by atoms with Crippen LogP contribution in [0, 0.1) is 5.82 Å². The molecule has 0 unspecified atom stereocenters. The average molecular weight is 329 g/mol. The van der Waals surface area contributed by atoms with Crippen molar-refractivity contribution in [3.05, 3.63) is 59.4 Å². The number of anilines is 1. The van der Waals surface area contributed by atoms with Gasteiger partial charge in [-0.1, -0.05) is 18.2 Å². The maximum Gasteiger partial charge on any atom is 0.319 e. The smallest absolute Gasteiger partial charge is 0.319 e. The molecule has 2 aromatic rings. The molecule has 3 rings (SSSR count). The quantitative estimate of drug-likeness (QED) is 0.808. The van der Waals surface area contributed by atoms with E-state index in [0.29, 0.717) is 13.0 Å². The topological polar surface area (TPSA) is 93.5 Å². The van der Waals surface area contributed by atoms with Crippen molar-refractivity contribution in [2.75, 3.05) is 11.9 Å². The van der Waals surface area contributed by atoms with Crippen LogP contribution < -0.4 is 21.1 Å². The van der Waals surface area contributed by atoms with Crippen LogP contribution in [0.4, 0.5) is 14.9 Å². The third-order valence-electron chi connectivity index (χ3n) is 3.75. The monoisotopic (exact) mass is 329 g/mol. The Balaban J connectivity index is 1.71. The molecule has 124 valence electrons. The summed E-state index contributed by atoms with van der Waals surface area (Å²) in [5, 5.41) is 5.42. The molecule has 1 atom stereocenters. The number of nitrogens with one attached hydrogen (secondary N) is 2. The number of para-hydroxylation sites is 1. The van der Waals surface area contributed by atoms with Gasteiger partial charge in [0.05, 0.1) is 18.2 Å². The first-order valence-electron chi connectivity index (χ1n) is 7.43. The van der Waals surface area contributed by atoms with Crippen molar-refractivity contribution < 1.29 is 18.7 Å². The molecule has 1 aliphatic rings. The van der Waals surface area contributed by atoms with Gasteiger partial charge in [0.25, 0.3) is 5.91 Å². The highest BCUT2D eigenvalue weighted by atomic mass is 19.1. The van der Waals surface area contributed by atoms with Gasteiger partial charge in [-0.05, 0) is 24.3 Å². The molecule has 2 aromatic carbocycles. The Labute approximate surface area is 137 Å². The molecule has 0 saturated heterocycles. The first-order chi connectivity index (χ1) is 11.5. The van der Waals surface area contributed by atoms with Crippen LogP contribution in [0.3, 0.4) is 0 Å². The summed E-state index contributed by atoms with van der Waals surface area (Å²) >= 11 is 0. The third-order valence-corrected chi connectivity index (χ3v) is 3.75. The molecule has 6 nitrogen and oxygen atoms in total. The number of halogens is 1. The van der Waals surface area contributed by atoms with Gasteiger partial charge in [-0.2, -0.15) is 0 Å². The van der Waals surface area contributed by atoms with Crippen LogP contribution in [0.2, 0.25) is 0 Å². The van der Waals surface area contributed by atoms with Crippen molar-refractivity contribution in [2.45, 2.75) is 12.5 Å². The van der Waals surface area contributed by atoms with E-state index in [1.54, 1.807) is 0 Å². The van der Waals surface area contributed by atoms with Crippen LogP contribution in [-0.2, 0) is 0 Å². The minimum absolute atomic E-state index is 0.189. The van der Waals surface area contributed by atoms with Gasteiger partial charge in [-0.3, -0.25) is 4.79 Å². The summed E-state index contributed by atoms with van der Waals surface area (Å²) < 4.78 is 19.0. The molecular formula is C17H16FN3O3. The summed E-state index contributed by atoms with van der Waals surface area (Å²) in [6.45, 7) is 0.504. The van der Waals surface area contributed by atoms with Crippen molar-refractivity contribution in [1.82, 2.24) is 5.32 Å². The van der Waals surface area contributed by atoms with E-state index in [4.69, 9.17) is 10.5 Å².